The molecule has 0 atom stereocenters. The average molecular weight is 405 g/mol. The van der Waals surface area contributed by atoms with Crippen molar-refractivity contribution in [3.63, 3.8) is 0 Å². The summed E-state index contributed by atoms with van der Waals surface area (Å²) in [6, 6.07) is 14.3. The van der Waals surface area contributed by atoms with Gasteiger partial charge in [-0.15, -0.1) is 5.10 Å². The summed E-state index contributed by atoms with van der Waals surface area (Å²) in [5.41, 5.74) is 4.29. The largest absolute Gasteiger partial charge is 0.452 e. The summed E-state index contributed by atoms with van der Waals surface area (Å²) in [6.07, 6.45) is 0. The first-order valence-electron chi connectivity index (χ1n) is 9.37. The predicted octanol–water partition coefficient (Wildman–Crippen LogP) is 3.21. The van der Waals surface area contributed by atoms with Crippen molar-refractivity contribution in [1.29, 1.82) is 0 Å². The number of amides is 1. The number of esters is 1. The number of nitrogens with zero attached hydrogens (tertiary/aromatic N) is 4. The Morgan fingerprint density at radius 3 is 2.70 bits per heavy atom. The van der Waals surface area contributed by atoms with Gasteiger partial charge in [-0.05, 0) is 32.0 Å². The Balaban J connectivity index is 1.34. The maximum atomic E-state index is 12.2. The number of benzene rings is 2. The molecule has 0 spiro atoms. The first-order valence-corrected chi connectivity index (χ1v) is 9.37. The number of hydrogen-bond acceptors (Lipinski definition) is 7. The second kappa shape index (κ2) is 8.16. The highest BCUT2D eigenvalue weighted by Gasteiger charge is 2.14. The van der Waals surface area contributed by atoms with E-state index in [4.69, 9.17) is 9.26 Å². The number of fused-ring (bicyclic) bond motifs is 1. The molecule has 0 radical (unpaired) electrons. The maximum Gasteiger partial charge on any atom is 0.338 e. The molecule has 0 aliphatic rings. The zero-order chi connectivity index (χ0) is 21.1. The van der Waals surface area contributed by atoms with Crippen molar-refractivity contribution >= 4 is 28.8 Å². The molecule has 4 rings (SSSR count). The summed E-state index contributed by atoms with van der Waals surface area (Å²) >= 11 is 0. The molecule has 152 valence electrons. The van der Waals surface area contributed by atoms with E-state index in [-0.39, 0.29) is 5.88 Å². The van der Waals surface area contributed by atoms with Crippen LogP contribution in [-0.4, -0.2) is 38.6 Å². The third-order valence-electron chi connectivity index (χ3n) is 4.50. The van der Waals surface area contributed by atoms with Gasteiger partial charge in [0.2, 0.25) is 5.88 Å². The van der Waals surface area contributed by atoms with Gasteiger partial charge in [-0.3, -0.25) is 10.1 Å². The Morgan fingerprint density at radius 1 is 1.13 bits per heavy atom. The zero-order valence-electron chi connectivity index (χ0n) is 16.5. The molecule has 9 nitrogen and oxygen atoms in total. The molecule has 1 amide bonds. The van der Waals surface area contributed by atoms with E-state index in [0.29, 0.717) is 23.3 Å². The van der Waals surface area contributed by atoms with Crippen LogP contribution in [-0.2, 0) is 16.1 Å². The number of aryl methyl sites for hydroxylation is 2. The molecule has 0 saturated heterocycles. The Morgan fingerprint density at radius 2 is 1.93 bits per heavy atom. The monoisotopic (exact) mass is 405 g/mol. The minimum Gasteiger partial charge on any atom is -0.452 e. The van der Waals surface area contributed by atoms with Crippen LogP contribution >= 0.6 is 0 Å². The minimum atomic E-state index is -0.629. The molecule has 1 N–H and O–H groups in total. The number of carbonyl (C=O) groups excluding carboxylic acids is 2. The van der Waals surface area contributed by atoms with Gasteiger partial charge in [-0.25, -0.2) is 9.48 Å². The van der Waals surface area contributed by atoms with E-state index in [1.165, 1.54) is 0 Å². The summed E-state index contributed by atoms with van der Waals surface area (Å²) in [4.78, 5) is 24.3. The molecule has 30 heavy (non-hydrogen) atoms. The molecule has 2 aromatic heterocycles. The van der Waals surface area contributed by atoms with E-state index in [2.05, 4.69) is 20.8 Å². The standard InChI is InChI=1S/C21H19N5O4/c1-3-26-18-9-8-15(10-17(18)23-25-26)21(28)29-12-19(27)22-20-11-16(24-30-20)14-6-4-13(2)5-7-14/h4-11H,3,12H2,1-2H3,(H,22,27). The summed E-state index contributed by atoms with van der Waals surface area (Å²) in [7, 11) is 0. The molecule has 0 saturated carbocycles. The van der Waals surface area contributed by atoms with E-state index in [9.17, 15) is 9.59 Å². The second-order valence-electron chi connectivity index (χ2n) is 6.68. The zero-order valence-corrected chi connectivity index (χ0v) is 16.5. The smallest absolute Gasteiger partial charge is 0.338 e. The molecule has 2 heterocycles. The van der Waals surface area contributed by atoms with Gasteiger partial charge in [0.05, 0.1) is 11.1 Å². The van der Waals surface area contributed by atoms with Crippen molar-refractivity contribution < 1.29 is 18.8 Å². The van der Waals surface area contributed by atoms with Gasteiger partial charge in [0.1, 0.15) is 11.2 Å². The molecular weight excluding hydrogens is 386 g/mol. The second-order valence-corrected chi connectivity index (χ2v) is 6.68. The van der Waals surface area contributed by atoms with Crippen LogP contribution in [0.25, 0.3) is 22.3 Å². The lowest BCUT2D eigenvalue weighted by Crippen LogP contribution is -2.20. The highest BCUT2D eigenvalue weighted by Crippen LogP contribution is 2.22. The Bertz CT molecular complexity index is 1210. The fourth-order valence-corrected chi connectivity index (χ4v) is 2.92. The minimum absolute atomic E-state index is 0.171. The molecule has 0 aliphatic heterocycles. The van der Waals surface area contributed by atoms with E-state index in [1.54, 1.807) is 28.9 Å². The van der Waals surface area contributed by atoms with Crippen LogP contribution in [0.15, 0.2) is 53.1 Å². The van der Waals surface area contributed by atoms with Crippen LogP contribution < -0.4 is 5.32 Å². The molecule has 2 aromatic carbocycles. The van der Waals surface area contributed by atoms with Gasteiger partial charge in [0.25, 0.3) is 5.91 Å². The Labute approximate surface area is 171 Å². The van der Waals surface area contributed by atoms with Crippen LogP contribution in [0.4, 0.5) is 5.88 Å². The topological polar surface area (TPSA) is 112 Å². The quantitative estimate of drug-likeness (QED) is 0.490. The van der Waals surface area contributed by atoms with Gasteiger partial charge < -0.3 is 9.26 Å². The van der Waals surface area contributed by atoms with Crippen molar-refractivity contribution in [2.45, 2.75) is 20.4 Å². The molecule has 0 fully saturated rings. The van der Waals surface area contributed by atoms with Crippen molar-refractivity contribution in [2.75, 3.05) is 11.9 Å². The highest BCUT2D eigenvalue weighted by molar-refractivity contribution is 5.96. The number of rotatable bonds is 6. The first-order chi connectivity index (χ1) is 14.5. The molecular formula is C21H19N5O4. The molecule has 0 aliphatic carbocycles. The summed E-state index contributed by atoms with van der Waals surface area (Å²) in [5.74, 6) is -0.992. The Hall–Kier alpha value is -4.01. The van der Waals surface area contributed by atoms with E-state index in [0.717, 1.165) is 16.6 Å². The molecule has 0 unspecified atom stereocenters. The lowest BCUT2D eigenvalue weighted by atomic mass is 10.1. The first kappa shape index (κ1) is 19.3. The Kier molecular flexibility index (Phi) is 5.25. The van der Waals surface area contributed by atoms with Gasteiger partial charge in [0, 0.05) is 18.2 Å². The van der Waals surface area contributed by atoms with Crippen LogP contribution in [0, 0.1) is 6.92 Å². The van der Waals surface area contributed by atoms with Crippen molar-refractivity contribution in [3.8, 4) is 11.3 Å². The van der Waals surface area contributed by atoms with Gasteiger partial charge in [0.15, 0.2) is 6.61 Å². The maximum absolute atomic E-state index is 12.2. The summed E-state index contributed by atoms with van der Waals surface area (Å²) < 4.78 is 11.9. The molecule has 0 bridgehead atoms. The van der Waals surface area contributed by atoms with E-state index in [1.807, 2.05) is 38.1 Å². The normalized spacial score (nSPS) is 10.9. The van der Waals surface area contributed by atoms with E-state index < -0.39 is 18.5 Å². The van der Waals surface area contributed by atoms with Gasteiger partial charge in [-0.2, -0.15) is 0 Å². The average Bonchev–Trinajstić information content (AvgIpc) is 3.38. The third kappa shape index (κ3) is 4.04. The van der Waals surface area contributed by atoms with Gasteiger partial charge >= 0.3 is 5.97 Å². The van der Waals surface area contributed by atoms with Crippen molar-refractivity contribution in [1.82, 2.24) is 20.2 Å². The van der Waals surface area contributed by atoms with E-state index >= 15 is 0 Å². The number of hydrogen-bond donors (Lipinski definition) is 1. The summed E-state index contributed by atoms with van der Waals surface area (Å²) in [6.45, 7) is 4.16. The number of anilines is 1. The molecule has 4 aromatic rings. The fraction of sp³-hybridized carbons (Fsp3) is 0.190. The van der Waals surface area contributed by atoms with Crippen molar-refractivity contribution in [2.24, 2.45) is 0 Å². The number of aromatic nitrogens is 4. The van der Waals surface area contributed by atoms with Crippen LogP contribution in [0.5, 0.6) is 0 Å². The third-order valence-corrected chi connectivity index (χ3v) is 4.50. The number of carbonyl (C=O) groups is 2. The van der Waals surface area contributed by atoms with Crippen LogP contribution in [0.3, 0.4) is 0 Å². The van der Waals surface area contributed by atoms with Gasteiger partial charge in [-0.1, -0.05) is 40.2 Å². The van der Waals surface area contributed by atoms with Crippen LogP contribution in [0.2, 0.25) is 0 Å². The number of nitrogens with one attached hydrogen (secondary N) is 1. The highest BCUT2D eigenvalue weighted by atomic mass is 16.5. The van der Waals surface area contributed by atoms with Crippen molar-refractivity contribution in [3.05, 3.63) is 59.7 Å². The molecule has 9 heteroatoms. The van der Waals surface area contributed by atoms with Crippen LogP contribution in [0.1, 0.15) is 22.8 Å². The number of ether oxygens (including phenoxy) is 1. The SMILES string of the molecule is CCn1nnc2cc(C(=O)OCC(=O)Nc3cc(-c4ccc(C)cc4)no3)ccc21. The summed E-state index contributed by atoms with van der Waals surface area (Å²) in [5, 5.41) is 14.5. The fourth-order valence-electron chi connectivity index (χ4n) is 2.92. The lowest BCUT2D eigenvalue weighted by molar-refractivity contribution is -0.119. The lowest BCUT2D eigenvalue weighted by Gasteiger charge is -2.04. The predicted molar refractivity (Wildman–Crippen MR) is 109 cm³/mol.